The van der Waals surface area contributed by atoms with Gasteiger partial charge >= 0.3 is 6.09 Å². The van der Waals surface area contributed by atoms with Crippen LogP contribution in [0, 0.1) is 29.5 Å². The maximum absolute atomic E-state index is 14.7. The molecule has 1 saturated heterocycles. The molecule has 206 valence electrons. The van der Waals surface area contributed by atoms with Crippen molar-refractivity contribution in [2.75, 3.05) is 25.1 Å². The van der Waals surface area contributed by atoms with Crippen molar-refractivity contribution < 1.29 is 23.0 Å². The number of carbonyl (C=O) groups is 1. The lowest BCUT2D eigenvalue weighted by atomic mass is 9.94. The molecule has 1 N–H and O–H groups in total. The first-order valence-electron chi connectivity index (χ1n) is 12.7. The molecule has 4 rings (SSSR count). The Morgan fingerprint density at radius 1 is 1.12 bits per heavy atom. The van der Waals surface area contributed by atoms with Gasteiger partial charge in [0, 0.05) is 30.3 Å². The number of carbonyl (C=O) groups excluding carboxylic acids is 1. The van der Waals surface area contributed by atoms with E-state index in [-0.39, 0.29) is 28.7 Å². The molecule has 0 radical (unpaired) electrons. The summed E-state index contributed by atoms with van der Waals surface area (Å²) in [5, 5.41) is 13.0. The Bertz CT molecular complexity index is 1510. The van der Waals surface area contributed by atoms with Crippen molar-refractivity contribution in [2.45, 2.75) is 45.3 Å². The zero-order chi connectivity index (χ0) is 29.0. The summed E-state index contributed by atoms with van der Waals surface area (Å²) < 4.78 is 39.8. The van der Waals surface area contributed by atoms with Gasteiger partial charge in [-0.15, -0.1) is 0 Å². The molecule has 40 heavy (non-hydrogen) atoms. The molecule has 0 unspecified atom stereocenters. The first kappa shape index (κ1) is 28.3. The van der Waals surface area contributed by atoms with E-state index in [9.17, 15) is 18.8 Å². The van der Waals surface area contributed by atoms with Gasteiger partial charge < -0.3 is 19.7 Å². The lowest BCUT2D eigenvalue weighted by Crippen LogP contribution is -2.46. The maximum atomic E-state index is 14.7. The highest BCUT2D eigenvalue weighted by Crippen LogP contribution is 2.39. The van der Waals surface area contributed by atoms with Gasteiger partial charge in [-0.1, -0.05) is 18.2 Å². The van der Waals surface area contributed by atoms with Gasteiger partial charge in [0.25, 0.3) is 0 Å². The summed E-state index contributed by atoms with van der Waals surface area (Å²) in [6.07, 6.45) is 0.773. The Labute approximate surface area is 232 Å². The molecule has 2 aromatic carbocycles. The van der Waals surface area contributed by atoms with Crippen LogP contribution in [0.25, 0.3) is 27.2 Å². The number of nitrogens with zero attached hydrogens (tertiary/aromatic N) is 4. The fourth-order valence-corrected chi connectivity index (χ4v) is 4.58. The fraction of sp³-hybridized carbons (Fsp3) is 0.333. The molecule has 3 aromatic rings. The monoisotopic (exact) mass is 545 g/mol. The molecule has 10 heteroatoms. The van der Waals surface area contributed by atoms with Crippen LogP contribution in [0.15, 0.2) is 42.5 Å². The van der Waals surface area contributed by atoms with E-state index in [1.165, 1.54) is 31.4 Å². The molecule has 8 nitrogen and oxygen atoms in total. The summed E-state index contributed by atoms with van der Waals surface area (Å²) in [7, 11) is 1.36. The van der Waals surface area contributed by atoms with Gasteiger partial charge in [-0.25, -0.2) is 23.4 Å². The fourth-order valence-electron chi connectivity index (χ4n) is 4.58. The minimum absolute atomic E-state index is 0.0451. The van der Waals surface area contributed by atoms with Crippen molar-refractivity contribution in [2.24, 2.45) is 0 Å². The number of rotatable bonds is 5. The number of halogens is 2. The second kappa shape index (κ2) is 11.6. The number of alkyl carbamates (subject to hydrolysis) is 1. The summed E-state index contributed by atoms with van der Waals surface area (Å²) in [5.74, 6) is -0.800. The number of hydrogen-bond acceptors (Lipinski definition) is 6. The Hall–Kier alpha value is -4.70. The van der Waals surface area contributed by atoms with E-state index in [0.29, 0.717) is 48.4 Å². The third-order valence-electron chi connectivity index (χ3n) is 6.45. The minimum Gasteiger partial charge on any atom is -0.494 e. The van der Waals surface area contributed by atoms with Crippen LogP contribution in [0.3, 0.4) is 0 Å². The quantitative estimate of drug-likeness (QED) is 0.363. The molecular formula is C30H29F2N5O3. The standard InChI is InChI=1S/C30H29F2N5O3/c1-30(2,3)40-29(38)35-21-10-12-37(13-11-21)26-16-20(17-33)27(18-7-9-25(39-5)23(32)14-18)28(36-26)19-6-8-24(34-4)22(31)15-19/h6-9,14-16,21H,10-13H2,1-3,5H3,(H,35,38). The zero-order valence-corrected chi connectivity index (χ0v) is 22.7. The zero-order valence-electron chi connectivity index (χ0n) is 22.7. The number of ether oxygens (including phenoxy) is 2. The Morgan fingerprint density at radius 2 is 1.80 bits per heavy atom. The number of piperidine rings is 1. The molecule has 1 aliphatic rings. The third-order valence-corrected chi connectivity index (χ3v) is 6.45. The van der Waals surface area contributed by atoms with Crippen molar-refractivity contribution in [3.63, 3.8) is 0 Å². The molecule has 1 aromatic heterocycles. The summed E-state index contributed by atoms with van der Waals surface area (Å²) in [4.78, 5) is 22.2. The van der Waals surface area contributed by atoms with Gasteiger partial charge in [0.2, 0.25) is 5.69 Å². The predicted octanol–water partition coefficient (Wildman–Crippen LogP) is 6.62. The molecule has 1 aliphatic heterocycles. The molecule has 2 heterocycles. The van der Waals surface area contributed by atoms with Crippen molar-refractivity contribution >= 4 is 17.6 Å². The van der Waals surface area contributed by atoms with Crippen LogP contribution in [0.4, 0.5) is 25.1 Å². The topological polar surface area (TPSA) is 91.8 Å². The number of amides is 1. The minimum atomic E-state index is -0.723. The second-order valence-electron chi connectivity index (χ2n) is 10.4. The summed E-state index contributed by atoms with van der Waals surface area (Å²) in [5.41, 5.74) is 0.826. The number of anilines is 1. The number of benzene rings is 2. The second-order valence-corrected chi connectivity index (χ2v) is 10.4. The summed E-state index contributed by atoms with van der Waals surface area (Å²) >= 11 is 0. The Kier molecular flexibility index (Phi) is 8.20. The van der Waals surface area contributed by atoms with Crippen LogP contribution in [0.1, 0.15) is 39.2 Å². The van der Waals surface area contributed by atoms with Crippen molar-refractivity contribution in [1.82, 2.24) is 10.3 Å². The number of aromatic nitrogens is 1. The van der Waals surface area contributed by atoms with Crippen LogP contribution in [-0.2, 0) is 4.74 Å². The van der Waals surface area contributed by atoms with Crippen LogP contribution < -0.4 is 15.0 Å². The van der Waals surface area contributed by atoms with Crippen molar-refractivity contribution in [3.8, 4) is 34.2 Å². The average Bonchev–Trinajstić information content (AvgIpc) is 2.91. The van der Waals surface area contributed by atoms with Gasteiger partial charge in [0.1, 0.15) is 17.2 Å². The highest BCUT2D eigenvalue weighted by Gasteiger charge is 2.26. The normalized spacial score (nSPS) is 13.8. The van der Waals surface area contributed by atoms with Crippen LogP contribution >= 0.6 is 0 Å². The van der Waals surface area contributed by atoms with E-state index >= 15 is 0 Å². The highest BCUT2D eigenvalue weighted by atomic mass is 19.1. The maximum Gasteiger partial charge on any atom is 0.407 e. The molecule has 0 saturated carbocycles. The smallest absolute Gasteiger partial charge is 0.407 e. The van der Waals surface area contributed by atoms with Gasteiger partial charge in [0.05, 0.1) is 31.0 Å². The number of nitrogens with one attached hydrogen (secondary N) is 1. The van der Waals surface area contributed by atoms with Crippen molar-refractivity contribution in [3.05, 3.63) is 71.1 Å². The average molecular weight is 546 g/mol. The first-order valence-corrected chi connectivity index (χ1v) is 12.7. The third kappa shape index (κ3) is 6.29. The molecule has 1 fully saturated rings. The molecule has 0 spiro atoms. The van der Waals surface area contributed by atoms with E-state index in [1.807, 2.05) is 4.90 Å². The Balaban J connectivity index is 1.72. The SMILES string of the molecule is [C-]#[N+]c1ccc(-c2nc(N3CCC(NC(=O)OC(C)(C)C)CC3)cc(C#N)c2-c2ccc(OC)c(F)c2)cc1F. The summed E-state index contributed by atoms with van der Waals surface area (Å²) in [6.45, 7) is 13.7. The van der Waals surface area contributed by atoms with Crippen LogP contribution in [0.2, 0.25) is 0 Å². The number of nitriles is 1. The molecule has 1 amide bonds. The van der Waals surface area contributed by atoms with Gasteiger partial charge in [0.15, 0.2) is 11.6 Å². The lowest BCUT2D eigenvalue weighted by molar-refractivity contribution is 0.0497. The first-order chi connectivity index (χ1) is 19.0. The van der Waals surface area contributed by atoms with Gasteiger partial charge in [-0.05, 0) is 63.4 Å². The molecule has 0 bridgehead atoms. The number of hydrogen-bond donors (Lipinski definition) is 1. The van der Waals surface area contributed by atoms with E-state index in [4.69, 9.17) is 21.0 Å². The van der Waals surface area contributed by atoms with Crippen LogP contribution in [-0.4, -0.2) is 42.9 Å². The number of pyridine rings is 1. The van der Waals surface area contributed by atoms with Crippen molar-refractivity contribution in [1.29, 1.82) is 5.26 Å². The van der Waals surface area contributed by atoms with Gasteiger partial charge in [-0.3, -0.25) is 0 Å². The lowest BCUT2D eigenvalue weighted by Gasteiger charge is -2.34. The molecule has 0 atom stereocenters. The number of methoxy groups -OCH3 is 1. The largest absolute Gasteiger partial charge is 0.494 e. The predicted molar refractivity (Wildman–Crippen MR) is 147 cm³/mol. The Morgan fingerprint density at radius 3 is 2.38 bits per heavy atom. The summed E-state index contributed by atoms with van der Waals surface area (Å²) in [6, 6.07) is 12.2. The van der Waals surface area contributed by atoms with E-state index in [2.05, 4.69) is 16.2 Å². The van der Waals surface area contributed by atoms with E-state index in [0.717, 1.165) is 0 Å². The highest BCUT2D eigenvalue weighted by molar-refractivity contribution is 5.87. The van der Waals surface area contributed by atoms with E-state index in [1.54, 1.807) is 39.0 Å². The van der Waals surface area contributed by atoms with E-state index < -0.39 is 23.3 Å². The van der Waals surface area contributed by atoms with Crippen LogP contribution in [0.5, 0.6) is 5.75 Å². The van der Waals surface area contributed by atoms with Gasteiger partial charge in [-0.2, -0.15) is 5.26 Å². The molecular weight excluding hydrogens is 516 g/mol. The molecule has 0 aliphatic carbocycles.